The van der Waals surface area contributed by atoms with Crippen LogP contribution in [0.15, 0.2) is 54.7 Å². The molecule has 1 aromatic heterocycles. The number of carbonyl (C=O) groups excluding carboxylic acids is 1. The Labute approximate surface area is 152 Å². The summed E-state index contributed by atoms with van der Waals surface area (Å²) < 4.78 is 0. The van der Waals surface area contributed by atoms with Crippen LogP contribution < -0.4 is 10.6 Å². The van der Waals surface area contributed by atoms with Crippen molar-refractivity contribution in [3.8, 4) is 0 Å². The first-order valence-electron chi connectivity index (χ1n) is 9.03. The van der Waals surface area contributed by atoms with E-state index in [-0.39, 0.29) is 12.1 Å². The van der Waals surface area contributed by atoms with Gasteiger partial charge in [0.1, 0.15) is 0 Å². The van der Waals surface area contributed by atoms with Crippen molar-refractivity contribution < 1.29 is 4.79 Å². The van der Waals surface area contributed by atoms with Crippen LogP contribution >= 0.6 is 0 Å². The number of hydrogen-bond donors (Lipinski definition) is 3. The first-order valence-corrected chi connectivity index (χ1v) is 9.03. The van der Waals surface area contributed by atoms with Crippen molar-refractivity contribution in [2.75, 3.05) is 18.4 Å². The number of nitrogens with zero attached hydrogens (tertiary/aromatic N) is 2. The summed E-state index contributed by atoms with van der Waals surface area (Å²) >= 11 is 0. The highest BCUT2D eigenvalue weighted by molar-refractivity contribution is 5.92. The van der Waals surface area contributed by atoms with Gasteiger partial charge in [-0.3, -0.25) is 10.00 Å². The fraction of sp³-hybridized carbons (Fsp3) is 0.300. The molecule has 4 rings (SSSR count). The summed E-state index contributed by atoms with van der Waals surface area (Å²) in [4.78, 5) is 14.7. The maximum absolute atomic E-state index is 12.3. The van der Waals surface area contributed by atoms with Crippen molar-refractivity contribution in [2.45, 2.75) is 25.4 Å². The Morgan fingerprint density at radius 1 is 1.15 bits per heavy atom. The number of piperidine rings is 1. The second-order valence-corrected chi connectivity index (χ2v) is 6.81. The zero-order chi connectivity index (χ0) is 17.8. The lowest BCUT2D eigenvalue weighted by Gasteiger charge is -2.32. The molecule has 0 aliphatic carbocycles. The van der Waals surface area contributed by atoms with Crippen molar-refractivity contribution >= 4 is 22.6 Å². The third kappa shape index (κ3) is 4.03. The molecule has 6 nitrogen and oxygen atoms in total. The molecule has 0 radical (unpaired) electrons. The molecule has 3 N–H and O–H groups in total. The number of hydrogen-bond acceptors (Lipinski definition) is 3. The van der Waals surface area contributed by atoms with E-state index in [0.717, 1.165) is 49.1 Å². The summed E-state index contributed by atoms with van der Waals surface area (Å²) in [5, 5.41) is 13.9. The summed E-state index contributed by atoms with van der Waals surface area (Å²) in [6, 6.07) is 16.3. The van der Waals surface area contributed by atoms with Gasteiger partial charge in [0.2, 0.25) is 0 Å². The maximum Gasteiger partial charge on any atom is 0.319 e. The molecule has 2 amide bonds. The first kappa shape index (κ1) is 16.6. The van der Waals surface area contributed by atoms with E-state index in [1.165, 1.54) is 5.56 Å². The van der Waals surface area contributed by atoms with Crippen LogP contribution in [0.1, 0.15) is 18.4 Å². The van der Waals surface area contributed by atoms with Gasteiger partial charge in [-0.15, -0.1) is 0 Å². The van der Waals surface area contributed by atoms with Crippen LogP contribution in [-0.2, 0) is 6.54 Å². The van der Waals surface area contributed by atoms with E-state index >= 15 is 0 Å². The Hall–Kier alpha value is -2.86. The molecule has 2 aromatic carbocycles. The summed E-state index contributed by atoms with van der Waals surface area (Å²) in [6.45, 7) is 2.98. The summed E-state index contributed by atoms with van der Waals surface area (Å²) in [6.07, 6.45) is 3.70. The second kappa shape index (κ2) is 7.58. The number of benzene rings is 2. The number of rotatable bonds is 4. The number of fused-ring (bicyclic) bond motifs is 1. The van der Waals surface area contributed by atoms with E-state index < -0.39 is 0 Å². The average Bonchev–Trinajstić information content (AvgIpc) is 3.12. The van der Waals surface area contributed by atoms with Crippen molar-refractivity contribution in [2.24, 2.45) is 0 Å². The first-order chi connectivity index (χ1) is 12.8. The molecule has 2 heterocycles. The fourth-order valence-corrected chi connectivity index (χ4v) is 3.45. The molecule has 1 aliphatic rings. The molecule has 1 saturated heterocycles. The van der Waals surface area contributed by atoms with Crippen LogP contribution in [0.2, 0.25) is 0 Å². The van der Waals surface area contributed by atoms with Gasteiger partial charge in [0.05, 0.1) is 11.7 Å². The van der Waals surface area contributed by atoms with Crippen molar-refractivity contribution in [3.05, 3.63) is 60.3 Å². The van der Waals surface area contributed by atoms with Gasteiger partial charge in [0.25, 0.3) is 0 Å². The molecule has 1 fully saturated rings. The van der Waals surface area contributed by atoms with E-state index in [4.69, 9.17) is 0 Å². The Bertz CT molecular complexity index is 868. The Morgan fingerprint density at radius 3 is 2.77 bits per heavy atom. The number of likely N-dealkylation sites (tertiary alicyclic amines) is 1. The van der Waals surface area contributed by atoms with Gasteiger partial charge in [-0.05, 0) is 36.6 Å². The van der Waals surface area contributed by atoms with Crippen LogP contribution in [0.25, 0.3) is 10.9 Å². The maximum atomic E-state index is 12.3. The van der Waals surface area contributed by atoms with Gasteiger partial charge in [-0.1, -0.05) is 30.3 Å². The van der Waals surface area contributed by atoms with Crippen LogP contribution in [0.3, 0.4) is 0 Å². The topological polar surface area (TPSA) is 73.0 Å². The molecule has 0 unspecified atom stereocenters. The minimum atomic E-state index is -0.144. The number of nitrogens with one attached hydrogen (secondary N) is 3. The number of carbonyl (C=O) groups is 1. The molecule has 0 bridgehead atoms. The number of H-pyrrole nitrogens is 1. The lowest BCUT2D eigenvalue weighted by molar-refractivity contribution is 0.190. The van der Waals surface area contributed by atoms with Gasteiger partial charge in [-0.2, -0.15) is 5.10 Å². The molecule has 3 aromatic rings. The number of aromatic nitrogens is 2. The Kier molecular flexibility index (Phi) is 4.84. The molecule has 0 saturated carbocycles. The molecule has 0 spiro atoms. The normalized spacial score (nSPS) is 15.8. The van der Waals surface area contributed by atoms with Gasteiger partial charge in [0, 0.05) is 36.7 Å². The largest absolute Gasteiger partial charge is 0.335 e. The van der Waals surface area contributed by atoms with Crippen LogP contribution in [0.4, 0.5) is 10.5 Å². The minimum absolute atomic E-state index is 0.144. The van der Waals surface area contributed by atoms with E-state index in [0.29, 0.717) is 0 Å². The molecule has 6 heteroatoms. The average molecular weight is 349 g/mol. The lowest BCUT2D eigenvalue weighted by Crippen LogP contribution is -2.45. The van der Waals surface area contributed by atoms with Crippen LogP contribution in [-0.4, -0.2) is 40.3 Å². The Balaban J connectivity index is 1.25. The molecule has 134 valence electrons. The second-order valence-electron chi connectivity index (χ2n) is 6.81. The van der Waals surface area contributed by atoms with E-state index in [9.17, 15) is 4.79 Å². The summed E-state index contributed by atoms with van der Waals surface area (Å²) in [7, 11) is 0. The number of amides is 2. The van der Waals surface area contributed by atoms with Crippen molar-refractivity contribution in [3.63, 3.8) is 0 Å². The molecule has 0 atom stereocenters. The van der Waals surface area contributed by atoms with Crippen molar-refractivity contribution in [1.29, 1.82) is 0 Å². The number of aromatic amines is 1. The highest BCUT2D eigenvalue weighted by Crippen LogP contribution is 2.17. The molecule has 26 heavy (non-hydrogen) atoms. The van der Waals surface area contributed by atoms with Gasteiger partial charge >= 0.3 is 6.03 Å². The monoisotopic (exact) mass is 349 g/mol. The highest BCUT2D eigenvalue weighted by atomic mass is 16.2. The fourth-order valence-electron chi connectivity index (χ4n) is 3.45. The smallest absolute Gasteiger partial charge is 0.319 e. The zero-order valence-corrected chi connectivity index (χ0v) is 14.6. The van der Waals surface area contributed by atoms with Gasteiger partial charge in [-0.25, -0.2) is 4.79 Å². The van der Waals surface area contributed by atoms with Crippen LogP contribution in [0, 0.1) is 0 Å². The lowest BCUT2D eigenvalue weighted by atomic mass is 10.0. The SMILES string of the molecule is O=C(Nc1ccc2[nH]ncc2c1)NC1CCN(Cc2ccccc2)CC1. The van der Waals surface area contributed by atoms with E-state index in [1.54, 1.807) is 6.20 Å². The number of urea groups is 1. The van der Waals surface area contributed by atoms with Gasteiger partial charge < -0.3 is 10.6 Å². The third-order valence-electron chi connectivity index (χ3n) is 4.87. The minimum Gasteiger partial charge on any atom is -0.335 e. The van der Waals surface area contributed by atoms with Gasteiger partial charge in [0.15, 0.2) is 0 Å². The summed E-state index contributed by atoms with van der Waals surface area (Å²) in [5.41, 5.74) is 3.07. The number of anilines is 1. The van der Waals surface area contributed by atoms with Crippen LogP contribution in [0.5, 0.6) is 0 Å². The van der Waals surface area contributed by atoms with E-state index in [1.807, 2.05) is 24.3 Å². The highest BCUT2D eigenvalue weighted by Gasteiger charge is 2.20. The quantitative estimate of drug-likeness (QED) is 0.676. The third-order valence-corrected chi connectivity index (χ3v) is 4.87. The Morgan fingerprint density at radius 2 is 1.96 bits per heavy atom. The van der Waals surface area contributed by atoms with Crippen molar-refractivity contribution in [1.82, 2.24) is 20.4 Å². The molecular weight excluding hydrogens is 326 g/mol. The predicted molar refractivity (Wildman–Crippen MR) is 103 cm³/mol. The zero-order valence-electron chi connectivity index (χ0n) is 14.6. The summed E-state index contributed by atoms with van der Waals surface area (Å²) in [5.74, 6) is 0. The predicted octanol–water partition coefficient (Wildman–Crippen LogP) is 3.35. The molecular formula is C20H23N5O. The standard InChI is InChI=1S/C20H23N5O/c26-20(23-18-6-7-19-16(12-18)13-21-24-19)22-17-8-10-25(11-9-17)14-15-4-2-1-3-5-15/h1-7,12-13,17H,8-11,14H2,(H,21,24)(H2,22,23,26). The van der Waals surface area contributed by atoms with E-state index in [2.05, 4.69) is 50.0 Å². The molecule has 1 aliphatic heterocycles.